The number of fused-ring (bicyclic) bond motifs is 1. The van der Waals surface area contributed by atoms with Gasteiger partial charge in [-0.3, -0.25) is 10.1 Å². The van der Waals surface area contributed by atoms with Gasteiger partial charge < -0.3 is 14.6 Å². The molecule has 3 rings (SSSR count). The van der Waals surface area contributed by atoms with E-state index < -0.39 is 17.6 Å². The Morgan fingerprint density at radius 3 is 2.46 bits per heavy atom. The number of benzene rings is 2. The van der Waals surface area contributed by atoms with Gasteiger partial charge >= 0.3 is 11.6 Å². The lowest BCUT2D eigenvalue weighted by Crippen LogP contribution is -2.40. The summed E-state index contributed by atoms with van der Waals surface area (Å²) >= 11 is 0. The first kappa shape index (κ1) is 19.6. The maximum atomic E-state index is 12.0. The summed E-state index contributed by atoms with van der Waals surface area (Å²) in [6.07, 6.45) is 0. The summed E-state index contributed by atoms with van der Waals surface area (Å²) in [6.45, 7) is 5.61. The van der Waals surface area contributed by atoms with Crippen LogP contribution in [0.15, 0.2) is 51.7 Å². The highest BCUT2D eigenvalue weighted by Crippen LogP contribution is 2.37. The predicted octanol–water partition coefficient (Wildman–Crippen LogP) is 3.67. The molecule has 146 valence electrons. The molecule has 28 heavy (non-hydrogen) atoms. The van der Waals surface area contributed by atoms with Gasteiger partial charge in [0.15, 0.2) is 0 Å². The van der Waals surface area contributed by atoms with Gasteiger partial charge in [-0.2, -0.15) is 0 Å². The van der Waals surface area contributed by atoms with Crippen molar-refractivity contribution in [2.24, 2.45) is 5.92 Å². The number of rotatable bonds is 6. The van der Waals surface area contributed by atoms with Gasteiger partial charge in [-0.1, -0.05) is 44.2 Å². The van der Waals surface area contributed by atoms with E-state index in [2.05, 4.69) is 5.32 Å². The summed E-state index contributed by atoms with van der Waals surface area (Å²) in [7, 11) is 0. The molecule has 6 nitrogen and oxygen atoms in total. The molecule has 0 saturated heterocycles. The van der Waals surface area contributed by atoms with Gasteiger partial charge in [-0.05, 0) is 30.0 Å². The number of phenolic OH excluding ortho intramolecular Hbond substituents is 1. The standard InChI is InChI=1S/C22H23NO5/c1-12(2)20(22(26)27)23-11-16-13(3)9-17-19(21(16)25)15(10-18(24)28-17)14-7-5-4-6-8-14/h4-10,12,20,23,25H,11H2,1-3H3,(H,26,27)/t20-/m1/s1. The molecule has 2 aromatic carbocycles. The molecule has 1 atom stereocenters. The van der Waals surface area contributed by atoms with Crippen molar-refractivity contribution < 1.29 is 19.4 Å². The average Bonchev–Trinajstić information content (AvgIpc) is 2.63. The van der Waals surface area contributed by atoms with E-state index in [0.29, 0.717) is 27.7 Å². The second-order valence-electron chi connectivity index (χ2n) is 7.18. The number of phenols is 1. The van der Waals surface area contributed by atoms with Crippen LogP contribution in [0.1, 0.15) is 25.0 Å². The molecule has 1 heterocycles. The van der Waals surface area contributed by atoms with Crippen LogP contribution < -0.4 is 10.9 Å². The zero-order chi connectivity index (χ0) is 20.4. The van der Waals surface area contributed by atoms with E-state index in [1.165, 1.54) is 6.07 Å². The quantitative estimate of drug-likeness (QED) is 0.563. The summed E-state index contributed by atoms with van der Waals surface area (Å²) in [6, 6.07) is 11.6. The molecule has 0 aliphatic heterocycles. The molecule has 0 spiro atoms. The fraction of sp³-hybridized carbons (Fsp3) is 0.273. The molecule has 0 unspecified atom stereocenters. The van der Waals surface area contributed by atoms with Gasteiger partial charge in [-0.25, -0.2) is 4.79 Å². The van der Waals surface area contributed by atoms with Crippen LogP contribution in [0.25, 0.3) is 22.1 Å². The first-order valence-corrected chi connectivity index (χ1v) is 9.10. The molecule has 0 aliphatic rings. The molecule has 0 saturated carbocycles. The number of nitrogens with one attached hydrogen (secondary N) is 1. The number of hydrogen-bond acceptors (Lipinski definition) is 5. The van der Waals surface area contributed by atoms with Gasteiger partial charge in [0.2, 0.25) is 0 Å². The number of aliphatic carboxylic acids is 1. The van der Waals surface area contributed by atoms with Gasteiger partial charge in [-0.15, -0.1) is 0 Å². The van der Waals surface area contributed by atoms with Crippen LogP contribution in [-0.4, -0.2) is 22.2 Å². The van der Waals surface area contributed by atoms with E-state index in [0.717, 1.165) is 5.56 Å². The Balaban J connectivity index is 2.14. The third-order valence-corrected chi connectivity index (χ3v) is 4.85. The lowest BCUT2D eigenvalue weighted by molar-refractivity contribution is -0.140. The molecule has 0 aliphatic carbocycles. The van der Waals surface area contributed by atoms with E-state index in [-0.39, 0.29) is 18.2 Å². The third-order valence-electron chi connectivity index (χ3n) is 4.85. The number of aromatic hydroxyl groups is 1. The van der Waals surface area contributed by atoms with Gasteiger partial charge in [0.25, 0.3) is 0 Å². The van der Waals surface area contributed by atoms with Crippen LogP contribution in [0, 0.1) is 12.8 Å². The monoisotopic (exact) mass is 381 g/mol. The van der Waals surface area contributed by atoms with Crippen LogP contribution in [0.3, 0.4) is 0 Å². The van der Waals surface area contributed by atoms with Crippen molar-refractivity contribution in [3.8, 4) is 16.9 Å². The Labute approximate surface area is 162 Å². The van der Waals surface area contributed by atoms with E-state index >= 15 is 0 Å². The minimum atomic E-state index is -0.941. The third kappa shape index (κ3) is 3.77. The van der Waals surface area contributed by atoms with E-state index in [4.69, 9.17) is 4.42 Å². The van der Waals surface area contributed by atoms with Gasteiger partial charge in [0.1, 0.15) is 17.4 Å². The highest BCUT2D eigenvalue weighted by Gasteiger charge is 2.23. The Morgan fingerprint density at radius 1 is 1.18 bits per heavy atom. The van der Waals surface area contributed by atoms with Crippen LogP contribution in [0.2, 0.25) is 0 Å². The maximum absolute atomic E-state index is 12.0. The van der Waals surface area contributed by atoms with Crippen molar-refractivity contribution in [1.29, 1.82) is 0 Å². The number of carboxylic acid groups (broad SMARTS) is 1. The smallest absolute Gasteiger partial charge is 0.336 e. The minimum Gasteiger partial charge on any atom is -0.507 e. The maximum Gasteiger partial charge on any atom is 0.336 e. The fourth-order valence-corrected chi connectivity index (χ4v) is 3.37. The molecule has 1 aromatic heterocycles. The van der Waals surface area contributed by atoms with Gasteiger partial charge in [0.05, 0.1) is 5.39 Å². The number of carboxylic acids is 1. The first-order chi connectivity index (χ1) is 13.3. The predicted molar refractivity (Wildman–Crippen MR) is 107 cm³/mol. The van der Waals surface area contributed by atoms with Crippen molar-refractivity contribution >= 4 is 16.9 Å². The Kier molecular flexibility index (Phi) is 5.51. The normalized spacial score (nSPS) is 12.4. The van der Waals surface area contributed by atoms with E-state index in [9.17, 15) is 19.8 Å². The second-order valence-corrected chi connectivity index (χ2v) is 7.18. The second kappa shape index (κ2) is 7.86. The van der Waals surface area contributed by atoms with Gasteiger partial charge in [0, 0.05) is 23.7 Å². The first-order valence-electron chi connectivity index (χ1n) is 9.10. The highest BCUT2D eigenvalue weighted by molar-refractivity contribution is 5.98. The molecule has 6 heteroatoms. The van der Waals surface area contributed by atoms with Crippen molar-refractivity contribution in [2.75, 3.05) is 0 Å². The number of hydrogen-bond donors (Lipinski definition) is 3. The SMILES string of the molecule is Cc1cc2oc(=O)cc(-c3ccccc3)c2c(O)c1CN[C@@H](C(=O)O)C(C)C. The van der Waals surface area contributed by atoms with Crippen LogP contribution in [-0.2, 0) is 11.3 Å². The molecular weight excluding hydrogens is 358 g/mol. The molecule has 0 bridgehead atoms. The lowest BCUT2D eigenvalue weighted by Gasteiger charge is -2.20. The van der Waals surface area contributed by atoms with Crippen molar-refractivity contribution in [3.05, 3.63) is 64.0 Å². The van der Waals surface area contributed by atoms with Crippen LogP contribution in [0.5, 0.6) is 5.75 Å². The molecular formula is C22H23NO5. The minimum absolute atomic E-state index is 0.0157. The summed E-state index contributed by atoms with van der Waals surface area (Å²) in [5.74, 6) is -1.07. The van der Waals surface area contributed by atoms with E-state index in [1.54, 1.807) is 13.0 Å². The van der Waals surface area contributed by atoms with Crippen molar-refractivity contribution in [2.45, 2.75) is 33.4 Å². The largest absolute Gasteiger partial charge is 0.507 e. The van der Waals surface area contributed by atoms with E-state index in [1.807, 2.05) is 44.2 Å². The molecule has 0 radical (unpaired) electrons. The molecule has 0 amide bonds. The molecule has 3 aromatic rings. The molecule has 0 fully saturated rings. The topological polar surface area (TPSA) is 99.8 Å². The Hall–Kier alpha value is -3.12. The lowest BCUT2D eigenvalue weighted by atomic mass is 9.96. The zero-order valence-electron chi connectivity index (χ0n) is 16.0. The van der Waals surface area contributed by atoms with Crippen LogP contribution >= 0.6 is 0 Å². The van der Waals surface area contributed by atoms with Crippen LogP contribution in [0.4, 0.5) is 0 Å². The summed E-state index contributed by atoms with van der Waals surface area (Å²) in [5.41, 5.74) is 2.43. The summed E-state index contributed by atoms with van der Waals surface area (Å²) in [5, 5.41) is 23.8. The Morgan fingerprint density at radius 2 is 1.86 bits per heavy atom. The number of carbonyl (C=O) groups is 1. The van der Waals surface area contributed by atoms with Crippen molar-refractivity contribution in [3.63, 3.8) is 0 Å². The Bertz CT molecular complexity index is 1070. The summed E-state index contributed by atoms with van der Waals surface area (Å²) in [4.78, 5) is 23.5. The summed E-state index contributed by atoms with van der Waals surface area (Å²) < 4.78 is 5.31. The molecule has 3 N–H and O–H groups in total. The zero-order valence-corrected chi connectivity index (χ0v) is 16.0. The van der Waals surface area contributed by atoms with Crippen molar-refractivity contribution in [1.82, 2.24) is 5.32 Å². The average molecular weight is 381 g/mol. The number of aryl methyl sites for hydroxylation is 1. The fourth-order valence-electron chi connectivity index (χ4n) is 3.37. The highest BCUT2D eigenvalue weighted by atomic mass is 16.4.